The van der Waals surface area contributed by atoms with Gasteiger partial charge in [-0.15, -0.1) is 0 Å². The van der Waals surface area contributed by atoms with Crippen molar-refractivity contribution < 1.29 is 4.74 Å². The van der Waals surface area contributed by atoms with Crippen molar-refractivity contribution in [1.29, 1.82) is 0 Å². The molecule has 1 aromatic heterocycles. The van der Waals surface area contributed by atoms with Gasteiger partial charge in [0, 0.05) is 32.0 Å². The number of nitrogens with zero attached hydrogens (tertiary/aromatic N) is 2. The quantitative estimate of drug-likeness (QED) is 0.839. The van der Waals surface area contributed by atoms with Gasteiger partial charge in [-0.2, -0.15) is 0 Å². The van der Waals surface area contributed by atoms with E-state index in [0.29, 0.717) is 5.02 Å². The number of hydrazine groups is 1. The number of halogens is 1. The molecule has 82 valence electrons. The van der Waals surface area contributed by atoms with E-state index in [1.54, 1.807) is 12.4 Å². The average molecular weight is 228 g/mol. The fourth-order valence-electron chi connectivity index (χ4n) is 1.47. The number of rotatable bonds is 3. The Morgan fingerprint density at radius 2 is 2.27 bits per heavy atom. The zero-order valence-corrected chi connectivity index (χ0v) is 9.20. The summed E-state index contributed by atoms with van der Waals surface area (Å²) in [6.45, 7) is 4.15. The molecule has 0 aromatic carbocycles. The second kappa shape index (κ2) is 5.42. The topological polar surface area (TPSA) is 37.4 Å². The van der Waals surface area contributed by atoms with E-state index in [0.717, 1.165) is 38.4 Å². The minimum atomic E-state index is 0.707. The van der Waals surface area contributed by atoms with Crippen LogP contribution in [0.4, 0.5) is 0 Å². The first-order valence-corrected chi connectivity index (χ1v) is 5.38. The largest absolute Gasteiger partial charge is 0.379 e. The first-order valence-electron chi connectivity index (χ1n) is 5.01. The number of morpholine rings is 1. The number of aromatic nitrogens is 1. The predicted octanol–water partition coefficient (Wildman–Crippen LogP) is 1.07. The molecular weight excluding hydrogens is 214 g/mol. The van der Waals surface area contributed by atoms with E-state index in [9.17, 15) is 0 Å². The van der Waals surface area contributed by atoms with Gasteiger partial charge in [0.25, 0.3) is 0 Å². The van der Waals surface area contributed by atoms with E-state index < -0.39 is 0 Å². The first-order chi connectivity index (χ1) is 7.36. The molecule has 4 nitrogen and oxygen atoms in total. The Labute approximate surface area is 94.2 Å². The summed E-state index contributed by atoms with van der Waals surface area (Å²) in [5, 5.41) is 2.86. The van der Waals surface area contributed by atoms with Gasteiger partial charge in [0.15, 0.2) is 0 Å². The van der Waals surface area contributed by atoms with Crippen LogP contribution in [0.5, 0.6) is 0 Å². The maximum absolute atomic E-state index is 6.00. The lowest BCUT2D eigenvalue weighted by atomic mass is 10.3. The van der Waals surface area contributed by atoms with Crippen LogP contribution in [-0.2, 0) is 11.3 Å². The van der Waals surface area contributed by atoms with Gasteiger partial charge in [0.05, 0.1) is 18.2 Å². The molecule has 0 spiro atoms. The molecule has 1 aromatic rings. The zero-order valence-electron chi connectivity index (χ0n) is 8.45. The Kier molecular flexibility index (Phi) is 3.91. The number of pyridine rings is 1. The smallest absolute Gasteiger partial charge is 0.0634 e. The van der Waals surface area contributed by atoms with Crippen LogP contribution in [0.2, 0.25) is 5.02 Å². The highest BCUT2D eigenvalue weighted by Crippen LogP contribution is 2.12. The van der Waals surface area contributed by atoms with Crippen molar-refractivity contribution in [3.05, 3.63) is 29.0 Å². The number of nitrogens with one attached hydrogen (secondary N) is 1. The summed E-state index contributed by atoms with van der Waals surface area (Å²) in [5.74, 6) is 0. The standard InChI is InChI=1S/C10H14ClN3O/c11-10-8-12-2-1-9(10)7-13-14-3-5-15-6-4-14/h1-2,8,13H,3-7H2. The summed E-state index contributed by atoms with van der Waals surface area (Å²) in [6.07, 6.45) is 3.42. The van der Waals surface area contributed by atoms with E-state index in [2.05, 4.69) is 15.4 Å². The molecule has 2 heterocycles. The monoisotopic (exact) mass is 227 g/mol. The van der Waals surface area contributed by atoms with Gasteiger partial charge in [-0.1, -0.05) is 11.6 Å². The van der Waals surface area contributed by atoms with Crippen LogP contribution in [0.25, 0.3) is 0 Å². The molecule has 1 N–H and O–H groups in total. The predicted molar refractivity (Wildman–Crippen MR) is 58.5 cm³/mol. The normalized spacial score (nSPS) is 17.9. The third-order valence-electron chi connectivity index (χ3n) is 2.36. The summed E-state index contributed by atoms with van der Waals surface area (Å²) < 4.78 is 5.26. The Bertz CT molecular complexity index is 315. The molecule has 1 aliphatic rings. The number of ether oxygens (including phenoxy) is 1. The SMILES string of the molecule is Clc1cnccc1CNN1CCOCC1. The second-order valence-electron chi connectivity index (χ2n) is 3.40. The fraction of sp³-hybridized carbons (Fsp3) is 0.500. The lowest BCUT2D eigenvalue weighted by Gasteiger charge is -2.27. The van der Waals surface area contributed by atoms with Crippen molar-refractivity contribution in [3.8, 4) is 0 Å². The van der Waals surface area contributed by atoms with Gasteiger partial charge in [-0.3, -0.25) is 10.4 Å². The van der Waals surface area contributed by atoms with Crippen molar-refractivity contribution in [2.45, 2.75) is 6.54 Å². The van der Waals surface area contributed by atoms with Crippen LogP contribution in [-0.4, -0.2) is 36.3 Å². The van der Waals surface area contributed by atoms with Crippen molar-refractivity contribution in [3.63, 3.8) is 0 Å². The minimum Gasteiger partial charge on any atom is -0.379 e. The second-order valence-corrected chi connectivity index (χ2v) is 3.81. The first kappa shape index (κ1) is 10.8. The fourth-order valence-corrected chi connectivity index (χ4v) is 1.65. The third-order valence-corrected chi connectivity index (χ3v) is 2.70. The zero-order chi connectivity index (χ0) is 10.5. The molecule has 0 unspecified atom stereocenters. The van der Waals surface area contributed by atoms with Crippen molar-refractivity contribution >= 4 is 11.6 Å². The molecule has 1 saturated heterocycles. The molecule has 0 aliphatic carbocycles. The molecule has 15 heavy (non-hydrogen) atoms. The molecule has 1 aliphatic heterocycles. The Balaban J connectivity index is 1.84. The molecule has 0 amide bonds. The van der Waals surface area contributed by atoms with Gasteiger partial charge < -0.3 is 4.74 Å². The van der Waals surface area contributed by atoms with E-state index in [4.69, 9.17) is 16.3 Å². The van der Waals surface area contributed by atoms with Crippen LogP contribution >= 0.6 is 11.6 Å². The summed E-state index contributed by atoms with van der Waals surface area (Å²) in [4.78, 5) is 3.95. The van der Waals surface area contributed by atoms with Crippen molar-refractivity contribution in [1.82, 2.24) is 15.4 Å². The van der Waals surface area contributed by atoms with Crippen molar-refractivity contribution in [2.75, 3.05) is 26.3 Å². The molecule has 1 fully saturated rings. The van der Waals surface area contributed by atoms with Gasteiger partial charge in [0.2, 0.25) is 0 Å². The van der Waals surface area contributed by atoms with Gasteiger partial charge in [0.1, 0.15) is 0 Å². The van der Waals surface area contributed by atoms with E-state index in [1.165, 1.54) is 0 Å². The van der Waals surface area contributed by atoms with Crippen LogP contribution < -0.4 is 5.43 Å². The molecule has 0 atom stereocenters. The molecule has 0 radical (unpaired) electrons. The Hall–Kier alpha value is -0.680. The van der Waals surface area contributed by atoms with Gasteiger partial charge >= 0.3 is 0 Å². The number of hydrogen-bond donors (Lipinski definition) is 1. The van der Waals surface area contributed by atoms with E-state index in [-0.39, 0.29) is 0 Å². The third kappa shape index (κ3) is 3.14. The van der Waals surface area contributed by atoms with Crippen LogP contribution in [0, 0.1) is 0 Å². The summed E-state index contributed by atoms with van der Waals surface area (Å²) in [5.41, 5.74) is 4.39. The number of hydrogen-bond acceptors (Lipinski definition) is 4. The van der Waals surface area contributed by atoms with E-state index in [1.807, 2.05) is 6.07 Å². The van der Waals surface area contributed by atoms with Crippen LogP contribution in [0.3, 0.4) is 0 Å². The summed E-state index contributed by atoms with van der Waals surface area (Å²) in [6, 6.07) is 1.93. The minimum absolute atomic E-state index is 0.707. The van der Waals surface area contributed by atoms with Gasteiger partial charge in [-0.05, 0) is 11.6 Å². The van der Waals surface area contributed by atoms with E-state index >= 15 is 0 Å². The highest BCUT2D eigenvalue weighted by atomic mass is 35.5. The maximum Gasteiger partial charge on any atom is 0.0634 e. The lowest BCUT2D eigenvalue weighted by molar-refractivity contribution is 0.0106. The van der Waals surface area contributed by atoms with Gasteiger partial charge in [-0.25, -0.2) is 5.01 Å². The summed E-state index contributed by atoms with van der Waals surface area (Å²) >= 11 is 6.00. The molecular formula is C10H14ClN3O. The van der Waals surface area contributed by atoms with Crippen LogP contribution in [0.1, 0.15) is 5.56 Å². The maximum atomic E-state index is 6.00. The summed E-state index contributed by atoms with van der Waals surface area (Å²) in [7, 11) is 0. The molecule has 0 bridgehead atoms. The average Bonchev–Trinajstić information content (AvgIpc) is 2.29. The molecule has 2 rings (SSSR count). The highest BCUT2D eigenvalue weighted by molar-refractivity contribution is 6.31. The van der Waals surface area contributed by atoms with Crippen molar-refractivity contribution in [2.24, 2.45) is 0 Å². The molecule has 5 heteroatoms. The lowest BCUT2D eigenvalue weighted by Crippen LogP contribution is -2.45. The highest BCUT2D eigenvalue weighted by Gasteiger charge is 2.09. The van der Waals surface area contributed by atoms with Crippen LogP contribution in [0.15, 0.2) is 18.5 Å². The molecule has 0 saturated carbocycles. The Morgan fingerprint density at radius 1 is 1.47 bits per heavy atom. The Morgan fingerprint density at radius 3 is 3.00 bits per heavy atom.